The Morgan fingerprint density at radius 1 is 0.880 bits per heavy atom. The molecular formula is C20H21ClN2O2. The van der Waals surface area contributed by atoms with Gasteiger partial charge in [-0.15, -0.1) is 12.4 Å². The SMILES string of the molecule is Cl.NC(=O)COc1ccc(CNCc2ccc3ccccc3c2)cc1. The molecule has 0 atom stereocenters. The van der Waals surface area contributed by atoms with Crippen LogP contribution in [0.25, 0.3) is 10.8 Å². The zero-order chi connectivity index (χ0) is 16.8. The van der Waals surface area contributed by atoms with Crippen LogP contribution in [-0.4, -0.2) is 12.5 Å². The van der Waals surface area contributed by atoms with Crippen molar-refractivity contribution in [3.63, 3.8) is 0 Å². The number of ether oxygens (including phenoxy) is 1. The maximum absolute atomic E-state index is 10.7. The summed E-state index contributed by atoms with van der Waals surface area (Å²) in [4.78, 5) is 10.7. The predicted octanol–water partition coefficient (Wildman–Crippen LogP) is 3.42. The molecule has 0 heterocycles. The molecule has 3 aromatic carbocycles. The maximum Gasteiger partial charge on any atom is 0.255 e. The number of benzene rings is 3. The van der Waals surface area contributed by atoms with E-state index in [0.717, 1.165) is 18.7 Å². The van der Waals surface area contributed by atoms with Crippen LogP contribution in [0.4, 0.5) is 0 Å². The van der Waals surface area contributed by atoms with Gasteiger partial charge >= 0.3 is 0 Å². The summed E-state index contributed by atoms with van der Waals surface area (Å²) in [5.41, 5.74) is 7.47. The molecule has 0 saturated heterocycles. The lowest BCUT2D eigenvalue weighted by molar-refractivity contribution is -0.119. The summed E-state index contributed by atoms with van der Waals surface area (Å²) in [6.07, 6.45) is 0. The molecule has 3 N–H and O–H groups in total. The van der Waals surface area contributed by atoms with Crippen LogP contribution >= 0.6 is 12.4 Å². The van der Waals surface area contributed by atoms with Crippen LogP contribution in [-0.2, 0) is 17.9 Å². The molecule has 0 aliphatic carbocycles. The Morgan fingerprint density at radius 3 is 2.24 bits per heavy atom. The highest BCUT2D eigenvalue weighted by molar-refractivity contribution is 5.85. The molecule has 0 saturated carbocycles. The van der Waals surface area contributed by atoms with E-state index in [-0.39, 0.29) is 19.0 Å². The summed E-state index contributed by atoms with van der Waals surface area (Å²) in [5.74, 6) is 0.170. The fourth-order valence-electron chi connectivity index (χ4n) is 2.56. The molecule has 4 nitrogen and oxygen atoms in total. The maximum atomic E-state index is 10.7. The van der Waals surface area contributed by atoms with Crippen LogP contribution in [0.1, 0.15) is 11.1 Å². The first-order valence-corrected chi connectivity index (χ1v) is 7.89. The number of carbonyl (C=O) groups is 1. The van der Waals surface area contributed by atoms with Crippen LogP contribution in [0.3, 0.4) is 0 Å². The Hall–Kier alpha value is -2.56. The van der Waals surface area contributed by atoms with Gasteiger partial charge in [-0.3, -0.25) is 4.79 Å². The first-order valence-electron chi connectivity index (χ1n) is 7.89. The van der Waals surface area contributed by atoms with E-state index in [1.807, 2.05) is 24.3 Å². The fraction of sp³-hybridized carbons (Fsp3) is 0.150. The van der Waals surface area contributed by atoms with Crippen LogP contribution in [0, 0.1) is 0 Å². The van der Waals surface area contributed by atoms with Crippen molar-refractivity contribution >= 4 is 29.1 Å². The van der Waals surface area contributed by atoms with Crippen molar-refractivity contribution in [3.8, 4) is 5.75 Å². The third-order valence-corrected chi connectivity index (χ3v) is 3.78. The van der Waals surface area contributed by atoms with Gasteiger partial charge in [-0.1, -0.05) is 48.5 Å². The number of nitrogens with one attached hydrogen (secondary N) is 1. The Balaban J connectivity index is 0.00000225. The van der Waals surface area contributed by atoms with Crippen molar-refractivity contribution in [2.24, 2.45) is 5.73 Å². The molecule has 0 radical (unpaired) electrons. The van der Waals surface area contributed by atoms with Crippen LogP contribution in [0.15, 0.2) is 66.7 Å². The van der Waals surface area contributed by atoms with Crippen molar-refractivity contribution in [2.45, 2.75) is 13.1 Å². The van der Waals surface area contributed by atoms with Crippen LogP contribution in [0.2, 0.25) is 0 Å². The van der Waals surface area contributed by atoms with Gasteiger partial charge in [0, 0.05) is 13.1 Å². The molecular weight excluding hydrogens is 336 g/mol. The second-order valence-electron chi connectivity index (χ2n) is 5.68. The third-order valence-electron chi connectivity index (χ3n) is 3.78. The standard InChI is InChI=1S/C20H20N2O2.ClH/c21-20(23)14-24-19-9-6-15(7-10-19)12-22-13-16-5-8-17-3-1-2-4-18(17)11-16;/h1-11,22H,12-14H2,(H2,21,23);1H. The van der Waals surface area contributed by atoms with E-state index in [0.29, 0.717) is 5.75 Å². The fourth-order valence-corrected chi connectivity index (χ4v) is 2.56. The quantitative estimate of drug-likeness (QED) is 0.681. The lowest BCUT2D eigenvalue weighted by Gasteiger charge is -2.08. The Labute approximate surface area is 153 Å². The summed E-state index contributed by atoms with van der Waals surface area (Å²) in [6.45, 7) is 1.48. The van der Waals surface area contributed by atoms with Crippen LogP contribution in [0.5, 0.6) is 5.75 Å². The molecule has 0 aromatic heterocycles. The van der Waals surface area contributed by atoms with E-state index in [4.69, 9.17) is 10.5 Å². The van der Waals surface area contributed by atoms with Gasteiger partial charge in [-0.2, -0.15) is 0 Å². The minimum absolute atomic E-state index is 0. The molecule has 25 heavy (non-hydrogen) atoms. The molecule has 3 rings (SSSR count). The number of primary amides is 1. The zero-order valence-corrected chi connectivity index (χ0v) is 14.6. The number of rotatable bonds is 7. The van der Waals surface area contributed by atoms with Gasteiger partial charge in [0.15, 0.2) is 6.61 Å². The molecule has 3 aromatic rings. The first kappa shape index (κ1) is 18.8. The van der Waals surface area contributed by atoms with E-state index >= 15 is 0 Å². The van der Waals surface area contributed by atoms with Crippen LogP contribution < -0.4 is 15.8 Å². The first-order chi connectivity index (χ1) is 11.7. The summed E-state index contributed by atoms with van der Waals surface area (Å²) in [7, 11) is 0. The van der Waals surface area contributed by atoms with Gasteiger partial charge in [0.2, 0.25) is 0 Å². The molecule has 1 amide bonds. The highest BCUT2D eigenvalue weighted by Crippen LogP contribution is 2.16. The van der Waals surface area contributed by atoms with Crippen molar-refractivity contribution in [3.05, 3.63) is 77.9 Å². The molecule has 0 unspecified atom stereocenters. The number of hydrogen-bond acceptors (Lipinski definition) is 3. The van der Waals surface area contributed by atoms with Gasteiger partial charge in [-0.05, 0) is 40.1 Å². The molecule has 0 aliphatic rings. The molecule has 130 valence electrons. The zero-order valence-electron chi connectivity index (χ0n) is 13.8. The van der Waals surface area contributed by atoms with E-state index in [1.54, 1.807) is 0 Å². The smallest absolute Gasteiger partial charge is 0.255 e. The lowest BCUT2D eigenvalue weighted by atomic mass is 10.1. The van der Waals surface area contributed by atoms with E-state index in [1.165, 1.54) is 16.3 Å². The van der Waals surface area contributed by atoms with Gasteiger partial charge in [0.25, 0.3) is 5.91 Å². The normalized spacial score (nSPS) is 10.2. The van der Waals surface area contributed by atoms with Crippen molar-refractivity contribution in [1.82, 2.24) is 5.32 Å². The van der Waals surface area contributed by atoms with Crippen molar-refractivity contribution < 1.29 is 9.53 Å². The topological polar surface area (TPSA) is 64.4 Å². The molecule has 0 bridgehead atoms. The van der Waals surface area contributed by atoms with Gasteiger partial charge in [0.1, 0.15) is 5.75 Å². The van der Waals surface area contributed by atoms with E-state index in [2.05, 4.69) is 47.8 Å². The lowest BCUT2D eigenvalue weighted by Crippen LogP contribution is -2.20. The molecule has 5 heteroatoms. The van der Waals surface area contributed by atoms with Crippen molar-refractivity contribution in [1.29, 1.82) is 0 Å². The second-order valence-corrected chi connectivity index (χ2v) is 5.68. The number of amides is 1. The number of hydrogen-bond donors (Lipinski definition) is 2. The number of carbonyl (C=O) groups excluding carboxylic acids is 1. The van der Waals surface area contributed by atoms with Gasteiger partial charge in [0.05, 0.1) is 0 Å². The predicted molar refractivity (Wildman–Crippen MR) is 103 cm³/mol. The molecule has 0 spiro atoms. The van der Waals surface area contributed by atoms with E-state index < -0.39 is 5.91 Å². The minimum Gasteiger partial charge on any atom is -0.484 e. The number of fused-ring (bicyclic) bond motifs is 1. The van der Waals surface area contributed by atoms with Gasteiger partial charge < -0.3 is 15.8 Å². The molecule has 0 fully saturated rings. The minimum atomic E-state index is -0.476. The highest BCUT2D eigenvalue weighted by atomic mass is 35.5. The Kier molecular flexibility index (Phi) is 6.81. The molecule has 0 aliphatic heterocycles. The largest absolute Gasteiger partial charge is 0.484 e. The summed E-state index contributed by atoms with van der Waals surface area (Å²) in [5, 5.41) is 5.95. The second kappa shape index (κ2) is 9.06. The monoisotopic (exact) mass is 356 g/mol. The Morgan fingerprint density at radius 2 is 1.52 bits per heavy atom. The highest BCUT2D eigenvalue weighted by Gasteiger charge is 2.00. The number of nitrogens with two attached hydrogens (primary N) is 1. The van der Waals surface area contributed by atoms with E-state index in [9.17, 15) is 4.79 Å². The average molecular weight is 357 g/mol. The number of halogens is 1. The summed E-state index contributed by atoms with van der Waals surface area (Å²) < 4.78 is 5.24. The summed E-state index contributed by atoms with van der Waals surface area (Å²) in [6, 6.07) is 22.5. The third kappa shape index (κ3) is 5.48. The average Bonchev–Trinajstić information content (AvgIpc) is 2.61. The summed E-state index contributed by atoms with van der Waals surface area (Å²) >= 11 is 0. The Bertz CT molecular complexity index is 834. The van der Waals surface area contributed by atoms with Gasteiger partial charge in [-0.25, -0.2) is 0 Å². The van der Waals surface area contributed by atoms with Crippen molar-refractivity contribution in [2.75, 3.05) is 6.61 Å².